The minimum absolute atomic E-state index is 0.163. The molecule has 1 aromatic heterocycles. The summed E-state index contributed by atoms with van der Waals surface area (Å²) in [4.78, 5) is 23.3. The van der Waals surface area contributed by atoms with Gasteiger partial charge in [0.2, 0.25) is 0 Å². The van der Waals surface area contributed by atoms with Gasteiger partial charge in [-0.15, -0.1) is 0 Å². The minimum Gasteiger partial charge on any atom is -0.464 e. The highest BCUT2D eigenvalue weighted by atomic mass is 16.5. The molecule has 0 unspecified atom stereocenters. The maximum atomic E-state index is 11.9. The van der Waals surface area contributed by atoms with E-state index in [1.807, 2.05) is 0 Å². The second-order valence-electron chi connectivity index (χ2n) is 5.85. The van der Waals surface area contributed by atoms with Crippen LogP contribution in [-0.2, 0) is 11.8 Å². The number of rotatable bonds is 5. The van der Waals surface area contributed by atoms with Gasteiger partial charge in [-0.05, 0) is 24.2 Å². The molecule has 0 radical (unpaired) electrons. The Hall–Kier alpha value is -2.05. The second kappa shape index (κ2) is 5.75. The molecule has 0 aliphatic heterocycles. The van der Waals surface area contributed by atoms with E-state index < -0.39 is 5.97 Å². The monoisotopic (exact) mass is 294 g/mol. The van der Waals surface area contributed by atoms with Gasteiger partial charge in [0.15, 0.2) is 5.69 Å². The maximum Gasteiger partial charge on any atom is 0.358 e. The van der Waals surface area contributed by atoms with Crippen molar-refractivity contribution in [3.05, 3.63) is 11.8 Å². The standard InChI is InChI=1S/C14H22N4O3/c1-9(2)14(5-6-14)8-15-13(20)16-11-7-10(12(19)21-4)17-18(11)3/h7,9H,5-6,8H2,1-4H3,(H2,15,16,20). The number of nitrogens with zero attached hydrogens (tertiary/aromatic N) is 2. The van der Waals surface area contributed by atoms with E-state index in [9.17, 15) is 9.59 Å². The SMILES string of the molecule is COC(=O)c1cc(NC(=O)NCC2(C(C)C)CC2)n(C)n1. The summed E-state index contributed by atoms with van der Waals surface area (Å²) in [6.45, 7) is 5.02. The van der Waals surface area contributed by atoms with Crippen molar-refractivity contribution in [2.45, 2.75) is 26.7 Å². The number of amides is 2. The minimum atomic E-state index is -0.532. The first-order chi connectivity index (χ1) is 9.88. The van der Waals surface area contributed by atoms with Crippen LogP contribution in [0.25, 0.3) is 0 Å². The van der Waals surface area contributed by atoms with Crippen molar-refractivity contribution in [1.29, 1.82) is 0 Å². The fourth-order valence-corrected chi connectivity index (χ4v) is 2.32. The Morgan fingerprint density at radius 1 is 1.48 bits per heavy atom. The molecule has 1 aromatic rings. The summed E-state index contributed by atoms with van der Waals surface area (Å²) in [6, 6.07) is 1.20. The Kier molecular flexibility index (Phi) is 4.20. The van der Waals surface area contributed by atoms with Crippen LogP contribution < -0.4 is 10.6 Å². The summed E-state index contributed by atoms with van der Waals surface area (Å²) in [5.41, 5.74) is 0.414. The van der Waals surface area contributed by atoms with Crippen molar-refractivity contribution >= 4 is 17.8 Å². The number of hydrogen-bond acceptors (Lipinski definition) is 4. The van der Waals surface area contributed by atoms with Crippen LogP contribution in [0.4, 0.5) is 10.6 Å². The number of urea groups is 1. The molecule has 0 bridgehead atoms. The molecule has 1 heterocycles. The van der Waals surface area contributed by atoms with Crippen molar-refractivity contribution in [2.75, 3.05) is 19.0 Å². The highest BCUT2D eigenvalue weighted by Gasteiger charge is 2.45. The first kappa shape index (κ1) is 15.3. The van der Waals surface area contributed by atoms with E-state index in [2.05, 4.69) is 34.3 Å². The van der Waals surface area contributed by atoms with Crippen LogP contribution in [0.5, 0.6) is 0 Å². The third kappa shape index (κ3) is 3.34. The molecule has 116 valence electrons. The molecular formula is C14H22N4O3. The fourth-order valence-electron chi connectivity index (χ4n) is 2.32. The molecular weight excluding hydrogens is 272 g/mol. The predicted molar refractivity (Wildman–Crippen MR) is 78.1 cm³/mol. The molecule has 1 fully saturated rings. The number of esters is 1. The van der Waals surface area contributed by atoms with Gasteiger partial charge in [0.05, 0.1) is 7.11 Å². The van der Waals surface area contributed by atoms with Crippen LogP contribution >= 0.6 is 0 Å². The van der Waals surface area contributed by atoms with Crippen LogP contribution in [0, 0.1) is 11.3 Å². The number of nitrogens with one attached hydrogen (secondary N) is 2. The van der Waals surface area contributed by atoms with Crippen molar-refractivity contribution < 1.29 is 14.3 Å². The summed E-state index contributed by atoms with van der Waals surface area (Å²) in [7, 11) is 2.94. The average Bonchev–Trinajstić information content (AvgIpc) is 3.16. The highest BCUT2D eigenvalue weighted by Crippen LogP contribution is 2.51. The van der Waals surface area contributed by atoms with Crippen molar-refractivity contribution in [3.63, 3.8) is 0 Å². The normalized spacial score (nSPS) is 15.7. The van der Waals surface area contributed by atoms with E-state index in [1.165, 1.54) is 17.9 Å². The topological polar surface area (TPSA) is 85.2 Å². The first-order valence-corrected chi connectivity index (χ1v) is 7.05. The van der Waals surface area contributed by atoms with Crippen molar-refractivity contribution in [3.8, 4) is 0 Å². The molecule has 1 saturated carbocycles. The van der Waals surface area contributed by atoms with Gasteiger partial charge in [0.25, 0.3) is 0 Å². The molecule has 0 saturated heterocycles. The molecule has 2 rings (SSSR count). The zero-order chi connectivity index (χ0) is 15.6. The largest absolute Gasteiger partial charge is 0.464 e. The van der Waals surface area contributed by atoms with Gasteiger partial charge in [-0.3, -0.25) is 10.00 Å². The van der Waals surface area contributed by atoms with Gasteiger partial charge >= 0.3 is 12.0 Å². The smallest absolute Gasteiger partial charge is 0.358 e. The summed E-state index contributed by atoms with van der Waals surface area (Å²) >= 11 is 0. The molecule has 2 N–H and O–H groups in total. The van der Waals surface area contributed by atoms with Gasteiger partial charge in [-0.1, -0.05) is 13.8 Å². The fraction of sp³-hybridized carbons (Fsp3) is 0.643. The zero-order valence-electron chi connectivity index (χ0n) is 12.9. The molecule has 21 heavy (non-hydrogen) atoms. The summed E-state index contributed by atoms with van der Waals surface area (Å²) in [5, 5.41) is 9.56. The van der Waals surface area contributed by atoms with E-state index in [0.29, 0.717) is 18.3 Å². The van der Waals surface area contributed by atoms with Gasteiger partial charge in [0, 0.05) is 19.7 Å². The van der Waals surface area contributed by atoms with E-state index in [-0.39, 0.29) is 17.1 Å². The van der Waals surface area contributed by atoms with Gasteiger partial charge in [-0.25, -0.2) is 9.59 Å². The van der Waals surface area contributed by atoms with Crippen molar-refractivity contribution in [1.82, 2.24) is 15.1 Å². The molecule has 0 aromatic carbocycles. The zero-order valence-corrected chi connectivity index (χ0v) is 12.9. The van der Waals surface area contributed by atoms with Gasteiger partial charge in [-0.2, -0.15) is 5.10 Å². The number of anilines is 1. The lowest BCUT2D eigenvalue weighted by Crippen LogP contribution is -2.36. The predicted octanol–water partition coefficient (Wildman–Crippen LogP) is 1.76. The van der Waals surface area contributed by atoms with E-state index in [4.69, 9.17) is 0 Å². The number of methoxy groups -OCH3 is 1. The molecule has 1 aliphatic rings. The summed E-state index contributed by atoms with van der Waals surface area (Å²) < 4.78 is 6.02. The molecule has 2 amide bonds. The van der Waals surface area contributed by atoms with Crippen LogP contribution in [-0.4, -0.2) is 35.4 Å². The van der Waals surface area contributed by atoms with Crippen LogP contribution in [0.15, 0.2) is 6.07 Å². The third-order valence-electron chi connectivity index (χ3n) is 4.23. The van der Waals surface area contributed by atoms with Gasteiger partial charge in [0.1, 0.15) is 5.82 Å². The Bertz CT molecular complexity index is 546. The maximum absolute atomic E-state index is 11.9. The lowest BCUT2D eigenvalue weighted by atomic mass is 9.92. The molecule has 0 spiro atoms. The van der Waals surface area contributed by atoms with Gasteiger partial charge < -0.3 is 10.1 Å². The third-order valence-corrected chi connectivity index (χ3v) is 4.23. The molecule has 7 heteroatoms. The summed E-state index contributed by atoms with van der Waals surface area (Å²) in [5.74, 6) is 0.471. The molecule has 0 atom stereocenters. The number of aromatic nitrogens is 2. The Morgan fingerprint density at radius 2 is 2.14 bits per heavy atom. The second-order valence-corrected chi connectivity index (χ2v) is 5.85. The Labute approximate surface area is 124 Å². The number of aryl methyl sites for hydroxylation is 1. The Morgan fingerprint density at radius 3 is 2.67 bits per heavy atom. The number of carbonyl (C=O) groups is 2. The number of ether oxygens (including phenoxy) is 1. The van der Waals surface area contributed by atoms with Crippen LogP contribution in [0.3, 0.4) is 0 Å². The lowest BCUT2D eigenvalue weighted by Gasteiger charge is -2.20. The summed E-state index contributed by atoms with van der Waals surface area (Å²) in [6.07, 6.45) is 2.31. The molecule has 1 aliphatic carbocycles. The average molecular weight is 294 g/mol. The van der Waals surface area contributed by atoms with Crippen molar-refractivity contribution in [2.24, 2.45) is 18.4 Å². The number of hydrogen-bond donors (Lipinski definition) is 2. The highest BCUT2D eigenvalue weighted by molar-refractivity contribution is 5.92. The Balaban J connectivity index is 1.91. The van der Waals surface area contributed by atoms with Crippen LogP contribution in [0.2, 0.25) is 0 Å². The number of carbonyl (C=O) groups excluding carboxylic acids is 2. The first-order valence-electron chi connectivity index (χ1n) is 7.05. The quantitative estimate of drug-likeness (QED) is 0.810. The van der Waals surface area contributed by atoms with E-state index in [1.54, 1.807) is 7.05 Å². The lowest BCUT2D eigenvalue weighted by molar-refractivity contribution is 0.0593. The van der Waals surface area contributed by atoms with E-state index in [0.717, 1.165) is 12.8 Å². The molecule has 7 nitrogen and oxygen atoms in total. The van der Waals surface area contributed by atoms with E-state index >= 15 is 0 Å². The van der Waals surface area contributed by atoms with Crippen LogP contribution in [0.1, 0.15) is 37.2 Å².